The van der Waals surface area contributed by atoms with Crippen LogP contribution in [0.25, 0.3) is 22.6 Å². The molecule has 0 saturated heterocycles. The zero-order chi connectivity index (χ0) is 14.3. The van der Waals surface area contributed by atoms with Crippen LogP contribution in [0.5, 0.6) is 0 Å². The molecule has 0 saturated carbocycles. The summed E-state index contributed by atoms with van der Waals surface area (Å²) in [4.78, 5) is 23.2. The molecule has 0 atom stereocenters. The van der Waals surface area contributed by atoms with Gasteiger partial charge in [-0.3, -0.25) is 9.55 Å². The number of benzene rings is 1. The van der Waals surface area contributed by atoms with Crippen LogP contribution >= 0.6 is 0 Å². The molecule has 2 aromatic heterocycles. The number of fused-ring (bicyclic) bond motifs is 1. The maximum atomic E-state index is 11.6. The summed E-state index contributed by atoms with van der Waals surface area (Å²) in [6.07, 6.45) is 1.69. The molecule has 102 valence electrons. The Bertz CT molecular complexity index is 829. The van der Waals surface area contributed by atoms with Gasteiger partial charge in [-0.2, -0.15) is 0 Å². The van der Waals surface area contributed by atoms with Crippen LogP contribution in [0.2, 0.25) is 0 Å². The van der Waals surface area contributed by atoms with Crippen molar-refractivity contribution < 1.29 is 0 Å². The summed E-state index contributed by atoms with van der Waals surface area (Å²) >= 11 is 0. The topological polar surface area (TPSA) is 63.6 Å². The standard InChI is InChI=1S/C15H16N4O/c1-9(2)10-6-4-5-7-11(10)13-16-8-12-14(17-13)18-15(20)19(12)3/h4-9H,1-3H3,(H,16,17,18,20). The second-order valence-electron chi connectivity index (χ2n) is 5.16. The van der Waals surface area contributed by atoms with Crippen LogP contribution in [0.15, 0.2) is 35.3 Å². The molecule has 0 amide bonds. The fraction of sp³-hybridized carbons (Fsp3) is 0.267. The summed E-state index contributed by atoms with van der Waals surface area (Å²) < 4.78 is 1.51. The highest BCUT2D eigenvalue weighted by Gasteiger charge is 2.12. The Morgan fingerprint density at radius 3 is 2.75 bits per heavy atom. The Kier molecular flexibility index (Phi) is 2.89. The number of aromatic nitrogens is 4. The van der Waals surface area contributed by atoms with Gasteiger partial charge in [0.2, 0.25) is 0 Å². The molecule has 0 aliphatic heterocycles. The van der Waals surface area contributed by atoms with Crippen LogP contribution in [0, 0.1) is 0 Å². The molecule has 1 N–H and O–H groups in total. The van der Waals surface area contributed by atoms with Gasteiger partial charge in [-0.1, -0.05) is 38.1 Å². The molecule has 0 spiro atoms. The number of aryl methyl sites for hydroxylation is 1. The molecule has 0 aliphatic rings. The number of nitrogens with one attached hydrogen (secondary N) is 1. The average molecular weight is 268 g/mol. The van der Waals surface area contributed by atoms with Crippen molar-refractivity contribution in [1.82, 2.24) is 19.5 Å². The molecule has 0 bridgehead atoms. The molecule has 5 nitrogen and oxygen atoms in total. The summed E-state index contributed by atoms with van der Waals surface area (Å²) in [5.74, 6) is 1.03. The minimum Gasteiger partial charge on any atom is -0.292 e. The first-order chi connectivity index (χ1) is 9.58. The second-order valence-corrected chi connectivity index (χ2v) is 5.16. The predicted molar refractivity (Wildman–Crippen MR) is 78.7 cm³/mol. The Labute approximate surface area is 116 Å². The van der Waals surface area contributed by atoms with Crippen molar-refractivity contribution in [3.05, 3.63) is 46.5 Å². The largest absolute Gasteiger partial charge is 0.327 e. The van der Waals surface area contributed by atoms with E-state index in [9.17, 15) is 4.79 Å². The third-order valence-electron chi connectivity index (χ3n) is 3.48. The smallest absolute Gasteiger partial charge is 0.292 e. The lowest BCUT2D eigenvalue weighted by molar-refractivity contribution is 0.866. The van der Waals surface area contributed by atoms with E-state index in [0.717, 1.165) is 5.56 Å². The number of rotatable bonds is 2. The van der Waals surface area contributed by atoms with Crippen LogP contribution < -0.4 is 5.69 Å². The van der Waals surface area contributed by atoms with E-state index >= 15 is 0 Å². The van der Waals surface area contributed by atoms with Gasteiger partial charge >= 0.3 is 5.69 Å². The predicted octanol–water partition coefficient (Wildman–Crippen LogP) is 2.45. The number of nitrogens with zero attached hydrogens (tertiary/aromatic N) is 3. The molecule has 0 unspecified atom stereocenters. The quantitative estimate of drug-likeness (QED) is 0.776. The van der Waals surface area contributed by atoms with E-state index < -0.39 is 0 Å². The van der Waals surface area contributed by atoms with Gasteiger partial charge in [0.1, 0.15) is 5.52 Å². The zero-order valence-electron chi connectivity index (χ0n) is 11.7. The van der Waals surface area contributed by atoms with E-state index in [1.54, 1.807) is 13.2 Å². The van der Waals surface area contributed by atoms with E-state index in [1.807, 2.05) is 18.2 Å². The number of H-pyrrole nitrogens is 1. The van der Waals surface area contributed by atoms with E-state index in [-0.39, 0.29) is 5.69 Å². The number of imidazole rings is 1. The van der Waals surface area contributed by atoms with E-state index in [2.05, 4.69) is 34.9 Å². The molecule has 20 heavy (non-hydrogen) atoms. The van der Waals surface area contributed by atoms with Crippen molar-refractivity contribution in [1.29, 1.82) is 0 Å². The molecule has 2 heterocycles. The Hall–Kier alpha value is -2.43. The van der Waals surface area contributed by atoms with Crippen molar-refractivity contribution in [3.63, 3.8) is 0 Å². The molecule has 0 aliphatic carbocycles. The van der Waals surface area contributed by atoms with E-state index in [0.29, 0.717) is 22.9 Å². The summed E-state index contributed by atoms with van der Waals surface area (Å²) in [6.45, 7) is 4.28. The first kappa shape index (κ1) is 12.6. The maximum absolute atomic E-state index is 11.6. The summed E-state index contributed by atoms with van der Waals surface area (Å²) in [5.41, 5.74) is 3.31. The first-order valence-electron chi connectivity index (χ1n) is 6.59. The van der Waals surface area contributed by atoms with Gasteiger partial charge < -0.3 is 0 Å². The van der Waals surface area contributed by atoms with Gasteiger partial charge in [0.05, 0.1) is 6.20 Å². The Balaban J connectivity index is 2.23. The minimum atomic E-state index is -0.177. The number of hydrogen-bond donors (Lipinski definition) is 1. The molecule has 0 fully saturated rings. The van der Waals surface area contributed by atoms with Gasteiger partial charge in [-0.05, 0) is 11.5 Å². The Morgan fingerprint density at radius 1 is 1.25 bits per heavy atom. The molecule has 1 aromatic carbocycles. The van der Waals surface area contributed by atoms with Gasteiger partial charge in [0.15, 0.2) is 11.5 Å². The van der Waals surface area contributed by atoms with Crippen LogP contribution in [-0.2, 0) is 7.05 Å². The van der Waals surface area contributed by atoms with Crippen LogP contribution in [0.4, 0.5) is 0 Å². The normalized spacial score (nSPS) is 11.4. The minimum absolute atomic E-state index is 0.177. The molecular formula is C15H16N4O. The van der Waals surface area contributed by atoms with E-state index in [1.165, 1.54) is 10.1 Å². The monoisotopic (exact) mass is 268 g/mol. The first-order valence-corrected chi connectivity index (χ1v) is 6.59. The fourth-order valence-corrected chi connectivity index (χ4v) is 2.34. The van der Waals surface area contributed by atoms with Gasteiger partial charge in [-0.25, -0.2) is 14.8 Å². The van der Waals surface area contributed by atoms with Crippen molar-refractivity contribution in [2.24, 2.45) is 7.05 Å². The van der Waals surface area contributed by atoms with Crippen LogP contribution in [0.1, 0.15) is 25.3 Å². The Morgan fingerprint density at radius 2 is 2.00 bits per heavy atom. The molecular weight excluding hydrogens is 252 g/mol. The van der Waals surface area contributed by atoms with Crippen molar-refractivity contribution >= 4 is 11.2 Å². The molecule has 3 rings (SSSR count). The fourth-order valence-electron chi connectivity index (χ4n) is 2.34. The number of aromatic amines is 1. The summed E-state index contributed by atoms with van der Waals surface area (Å²) in [5, 5.41) is 0. The van der Waals surface area contributed by atoms with Crippen molar-refractivity contribution in [2.75, 3.05) is 0 Å². The third-order valence-corrected chi connectivity index (χ3v) is 3.48. The second kappa shape index (κ2) is 4.59. The van der Waals surface area contributed by atoms with Gasteiger partial charge in [0, 0.05) is 12.6 Å². The average Bonchev–Trinajstić information content (AvgIpc) is 2.73. The van der Waals surface area contributed by atoms with Crippen LogP contribution in [0.3, 0.4) is 0 Å². The number of hydrogen-bond acceptors (Lipinski definition) is 3. The molecule has 3 aromatic rings. The van der Waals surface area contributed by atoms with Gasteiger partial charge in [-0.15, -0.1) is 0 Å². The van der Waals surface area contributed by atoms with E-state index in [4.69, 9.17) is 0 Å². The summed E-state index contributed by atoms with van der Waals surface area (Å²) in [7, 11) is 1.70. The van der Waals surface area contributed by atoms with Crippen molar-refractivity contribution in [2.45, 2.75) is 19.8 Å². The van der Waals surface area contributed by atoms with Crippen molar-refractivity contribution in [3.8, 4) is 11.4 Å². The SMILES string of the molecule is CC(C)c1ccccc1-c1ncc2c(n1)[nH]c(=O)n2C. The third kappa shape index (κ3) is 1.91. The zero-order valence-corrected chi connectivity index (χ0v) is 11.7. The lowest BCUT2D eigenvalue weighted by atomic mass is 9.97. The lowest BCUT2D eigenvalue weighted by Gasteiger charge is -2.11. The van der Waals surface area contributed by atoms with Gasteiger partial charge in [0.25, 0.3) is 0 Å². The van der Waals surface area contributed by atoms with Crippen LogP contribution in [-0.4, -0.2) is 19.5 Å². The highest BCUT2D eigenvalue weighted by Crippen LogP contribution is 2.26. The lowest BCUT2D eigenvalue weighted by Crippen LogP contribution is -2.11. The highest BCUT2D eigenvalue weighted by molar-refractivity contribution is 5.73. The molecule has 0 radical (unpaired) electrons. The highest BCUT2D eigenvalue weighted by atomic mass is 16.1. The maximum Gasteiger partial charge on any atom is 0.327 e. The molecule has 5 heteroatoms. The summed E-state index contributed by atoms with van der Waals surface area (Å²) in [6, 6.07) is 8.09.